The number of carbonyl (C=O) groups excluding carboxylic acids is 4. The van der Waals surface area contributed by atoms with Crippen LogP contribution in [0.1, 0.15) is 60.3 Å². The minimum atomic E-state index is -0.0677. The number of hydrogen-bond donors (Lipinski definition) is 0. The Labute approximate surface area is 348 Å². The van der Waals surface area contributed by atoms with Crippen LogP contribution in [0.5, 0.6) is 6.01 Å². The summed E-state index contributed by atoms with van der Waals surface area (Å²) in [4.78, 5) is 64.2. The number of nitrogens with zero attached hydrogens (tertiary/aromatic N) is 5. The van der Waals surface area contributed by atoms with Crippen molar-refractivity contribution in [2.75, 3.05) is 123 Å². The molecule has 0 aliphatic carbocycles. The summed E-state index contributed by atoms with van der Waals surface area (Å²) in [6.45, 7) is 25.8. The van der Waals surface area contributed by atoms with Gasteiger partial charge in [-0.25, -0.2) is 0 Å². The van der Waals surface area contributed by atoms with E-state index in [0.717, 1.165) is 0 Å². The Hall–Kier alpha value is -4.27. The average molecular weight is 836 g/mol. The third-order valence-electron chi connectivity index (χ3n) is 7.70. The molecular formula is C41H65N5O13. The Morgan fingerprint density at radius 3 is 0.915 bits per heavy atom. The highest BCUT2D eigenvalue weighted by molar-refractivity contribution is 5.95. The van der Waals surface area contributed by atoms with Gasteiger partial charge in [-0.1, -0.05) is 26.3 Å². The lowest BCUT2D eigenvalue weighted by molar-refractivity contribution is -0.117. The number of carbonyl (C=O) groups is 4. The summed E-state index contributed by atoms with van der Waals surface area (Å²) in [6.07, 6.45) is 0.903. The first-order chi connectivity index (χ1) is 28.3. The standard InChI is InChI=1S/C41H65N5O13/c1-10-59-41-43-39(45(27-55-23-19-51-15-11-35(47)31(2)3)28-56-24-20-52-16-12-36(48)32(4)5)42-40(44-41)46(29-57-25-21-53-17-13-37(49)33(6)7)30-58-26-22-54-18-14-38(50)34(8)9/h2,4,6,8,10-30H2,1,3,5,7,9H3. The predicted molar refractivity (Wildman–Crippen MR) is 220 cm³/mol. The van der Waals surface area contributed by atoms with Gasteiger partial charge in [0, 0.05) is 25.7 Å². The lowest BCUT2D eigenvalue weighted by atomic mass is 10.2. The molecule has 1 rings (SSSR count). The van der Waals surface area contributed by atoms with Crippen molar-refractivity contribution in [3.63, 3.8) is 0 Å². The van der Waals surface area contributed by atoms with Gasteiger partial charge in [0.1, 0.15) is 26.9 Å². The molecular weight excluding hydrogens is 770 g/mol. The van der Waals surface area contributed by atoms with Crippen LogP contribution in [0.25, 0.3) is 0 Å². The van der Waals surface area contributed by atoms with E-state index in [4.69, 9.17) is 47.6 Å². The van der Waals surface area contributed by atoms with Crippen molar-refractivity contribution in [2.24, 2.45) is 0 Å². The third-order valence-corrected chi connectivity index (χ3v) is 7.70. The van der Waals surface area contributed by atoms with E-state index in [0.29, 0.717) is 22.3 Å². The zero-order valence-corrected chi connectivity index (χ0v) is 35.7. The van der Waals surface area contributed by atoms with E-state index in [2.05, 4.69) is 36.3 Å². The second-order valence-corrected chi connectivity index (χ2v) is 13.1. The normalized spacial score (nSPS) is 10.9. The van der Waals surface area contributed by atoms with Crippen molar-refractivity contribution in [1.29, 1.82) is 0 Å². The van der Waals surface area contributed by atoms with Crippen molar-refractivity contribution >= 4 is 35.0 Å². The molecule has 0 aromatic carbocycles. The molecule has 1 aromatic rings. The molecule has 0 spiro atoms. The molecule has 1 aromatic heterocycles. The zero-order valence-electron chi connectivity index (χ0n) is 35.7. The lowest BCUT2D eigenvalue weighted by Gasteiger charge is -2.26. The first-order valence-electron chi connectivity index (χ1n) is 19.5. The summed E-state index contributed by atoms with van der Waals surface area (Å²) in [5.74, 6) is 0.0356. The summed E-state index contributed by atoms with van der Waals surface area (Å²) < 4.78 is 51.5. The van der Waals surface area contributed by atoms with Crippen LogP contribution in [-0.2, 0) is 57.1 Å². The molecule has 0 N–H and O–H groups in total. The van der Waals surface area contributed by atoms with Crippen molar-refractivity contribution < 1.29 is 61.8 Å². The smallest absolute Gasteiger partial charge is 0.323 e. The molecule has 18 nitrogen and oxygen atoms in total. The van der Waals surface area contributed by atoms with Gasteiger partial charge in [-0.2, -0.15) is 15.0 Å². The molecule has 1 heterocycles. The van der Waals surface area contributed by atoms with Crippen molar-refractivity contribution in [3.05, 3.63) is 48.6 Å². The number of anilines is 2. The molecule has 332 valence electrons. The number of ketones is 4. The molecule has 0 atom stereocenters. The molecule has 0 aliphatic rings. The SMILES string of the molecule is C=C(C)C(=O)CCOCCOCN(COCCOCCC(=O)C(=C)C)c1nc(OCC)nc(N(COCCOCCC(=O)C(=C)C)COCCOCCC(=O)C(=C)C)n1. The van der Waals surface area contributed by atoms with Gasteiger partial charge in [0.05, 0.1) is 85.9 Å². The fourth-order valence-electron chi connectivity index (χ4n) is 4.21. The summed E-state index contributed by atoms with van der Waals surface area (Å²) in [5, 5.41) is 0. The van der Waals surface area contributed by atoms with E-state index >= 15 is 0 Å². The highest BCUT2D eigenvalue weighted by Gasteiger charge is 2.20. The van der Waals surface area contributed by atoms with Crippen LogP contribution >= 0.6 is 0 Å². The Morgan fingerprint density at radius 2 is 0.678 bits per heavy atom. The number of Topliss-reactive ketones (excluding diaryl/α,β-unsaturated/α-hetero) is 4. The first-order valence-corrected chi connectivity index (χ1v) is 19.5. The van der Waals surface area contributed by atoms with E-state index in [1.807, 2.05) is 0 Å². The Balaban J connectivity index is 3.11. The Bertz CT molecular complexity index is 1310. The molecule has 18 heteroatoms. The highest BCUT2D eigenvalue weighted by Crippen LogP contribution is 2.19. The lowest BCUT2D eigenvalue weighted by Crippen LogP contribution is -2.35. The number of aromatic nitrogens is 3. The van der Waals surface area contributed by atoms with E-state index in [-0.39, 0.29) is 180 Å². The van der Waals surface area contributed by atoms with E-state index in [9.17, 15) is 19.2 Å². The zero-order chi connectivity index (χ0) is 43.8. The minimum Gasteiger partial charge on any atom is -0.464 e. The molecule has 0 fully saturated rings. The summed E-state index contributed by atoms with van der Waals surface area (Å²) >= 11 is 0. The molecule has 0 bridgehead atoms. The average Bonchev–Trinajstić information content (AvgIpc) is 3.19. The number of rotatable bonds is 40. The van der Waals surface area contributed by atoms with Gasteiger partial charge < -0.3 is 42.6 Å². The van der Waals surface area contributed by atoms with E-state index in [1.54, 1.807) is 44.4 Å². The molecule has 0 unspecified atom stereocenters. The van der Waals surface area contributed by atoms with E-state index in [1.165, 1.54) is 0 Å². The van der Waals surface area contributed by atoms with Crippen molar-refractivity contribution in [3.8, 4) is 6.01 Å². The summed E-state index contributed by atoms with van der Waals surface area (Å²) in [7, 11) is 0. The predicted octanol–water partition coefficient (Wildman–Crippen LogP) is 3.99. The van der Waals surface area contributed by atoms with Crippen LogP contribution in [0.2, 0.25) is 0 Å². The summed E-state index contributed by atoms with van der Waals surface area (Å²) in [5.41, 5.74) is 1.89. The molecule has 0 radical (unpaired) electrons. The van der Waals surface area contributed by atoms with E-state index < -0.39 is 0 Å². The Kier molecular flexibility index (Phi) is 29.1. The van der Waals surface area contributed by atoms with Gasteiger partial charge in [0.25, 0.3) is 0 Å². The van der Waals surface area contributed by atoms with Crippen LogP contribution in [-0.4, -0.2) is 151 Å². The summed E-state index contributed by atoms with van der Waals surface area (Å²) in [6, 6.07) is 0.0227. The monoisotopic (exact) mass is 835 g/mol. The van der Waals surface area contributed by atoms with Gasteiger partial charge in [-0.15, -0.1) is 0 Å². The first kappa shape index (κ1) is 52.7. The van der Waals surface area contributed by atoms with Gasteiger partial charge in [0.15, 0.2) is 23.1 Å². The molecule has 0 aliphatic heterocycles. The van der Waals surface area contributed by atoms with Gasteiger partial charge >= 0.3 is 6.01 Å². The minimum absolute atomic E-state index is 0.0227. The van der Waals surface area contributed by atoms with Crippen molar-refractivity contribution in [1.82, 2.24) is 15.0 Å². The number of ether oxygens (including phenoxy) is 9. The fraction of sp³-hybridized carbons (Fsp3) is 0.634. The maximum absolute atomic E-state index is 11.8. The second kappa shape index (κ2) is 32.6. The van der Waals surface area contributed by atoms with Gasteiger partial charge in [-0.05, 0) is 56.9 Å². The van der Waals surface area contributed by atoms with Gasteiger partial charge in [0.2, 0.25) is 11.9 Å². The molecule has 0 saturated carbocycles. The topological polar surface area (TPSA) is 196 Å². The molecule has 0 saturated heterocycles. The Morgan fingerprint density at radius 1 is 0.424 bits per heavy atom. The van der Waals surface area contributed by atoms with Crippen LogP contribution in [0.15, 0.2) is 48.6 Å². The van der Waals surface area contributed by atoms with Crippen LogP contribution in [0.4, 0.5) is 11.9 Å². The number of hydrogen-bond acceptors (Lipinski definition) is 18. The van der Waals surface area contributed by atoms with Crippen molar-refractivity contribution in [2.45, 2.75) is 60.3 Å². The highest BCUT2D eigenvalue weighted by atomic mass is 16.6. The van der Waals surface area contributed by atoms with Crippen LogP contribution in [0.3, 0.4) is 0 Å². The van der Waals surface area contributed by atoms with Gasteiger partial charge in [-0.3, -0.25) is 29.0 Å². The number of allylic oxidation sites excluding steroid dienone is 4. The molecule has 0 amide bonds. The maximum Gasteiger partial charge on any atom is 0.323 e. The maximum atomic E-state index is 11.8. The van der Waals surface area contributed by atoms with Crippen LogP contribution in [0, 0.1) is 0 Å². The largest absolute Gasteiger partial charge is 0.464 e. The van der Waals surface area contributed by atoms with Crippen LogP contribution < -0.4 is 14.5 Å². The quantitative estimate of drug-likeness (QED) is 0.0522. The second-order valence-electron chi connectivity index (χ2n) is 13.1. The molecule has 59 heavy (non-hydrogen) atoms. The third kappa shape index (κ3) is 25.7. The fourth-order valence-corrected chi connectivity index (χ4v) is 4.21.